The number of benzene rings is 3. The first-order valence-electron chi connectivity index (χ1n) is 11.6. The molecule has 1 fully saturated rings. The summed E-state index contributed by atoms with van der Waals surface area (Å²) in [5.41, 5.74) is 2.78. The van der Waals surface area contributed by atoms with Gasteiger partial charge >= 0.3 is 0 Å². The second-order valence-corrected chi connectivity index (χ2v) is 13.9. The van der Waals surface area contributed by atoms with E-state index in [1.807, 2.05) is 60.7 Å². The van der Waals surface area contributed by atoms with Gasteiger partial charge < -0.3 is 0 Å². The molecule has 6 rings (SSSR count). The van der Waals surface area contributed by atoms with Gasteiger partial charge in [0.2, 0.25) is 0 Å². The third-order valence-corrected chi connectivity index (χ3v) is 9.96. The number of aromatic nitrogens is 4. The summed E-state index contributed by atoms with van der Waals surface area (Å²) >= 11 is 17.5. The highest BCUT2D eigenvalue weighted by molar-refractivity contribution is 9.10. The Labute approximate surface area is 242 Å². The normalized spacial score (nSPS) is 14.5. The monoisotopic (exact) mass is 644 g/mol. The molecule has 192 valence electrons. The first kappa shape index (κ1) is 25.7. The molecule has 11 heteroatoms. The molecule has 2 aromatic heterocycles. The second-order valence-electron chi connectivity index (χ2n) is 9.17. The predicted molar refractivity (Wildman–Crippen MR) is 155 cm³/mol. The van der Waals surface area contributed by atoms with E-state index in [1.165, 1.54) is 17.6 Å². The first-order chi connectivity index (χ1) is 18.2. The number of sulfone groups is 1. The van der Waals surface area contributed by atoms with Crippen molar-refractivity contribution in [3.8, 4) is 27.6 Å². The van der Waals surface area contributed by atoms with Crippen LogP contribution in [0.25, 0.3) is 27.6 Å². The Hall–Kier alpha value is -2.56. The summed E-state index contributed by atoms with van der Waals surface area (Å²) in [7, 11) is -3.75. The zero-order valence-corrected chi connectivity index (χ0v) is 24.6. The molecule has 0 radical (unpaired) electrons. The summed E-state index contributed by atoms with van der Waals surface area (Å²) < 4.78 is 29.1. The largest absolute Gasteiger partial charge is 0.229 e. The van der Waals surface area contributed by atoms with Gasteiger partial charge in [0.1, 0.15) is 15.6 Å². The fourth-order valence-corrected chi connectivity index (χ4v) is 7.40. The fraction of sp³-hybridized carbons (Fsp3) is 0.148. The van der Waals surface area contributed by atoms with Crippen LogP contribution in [-0.2, 0) is 15.3 Å². The average molecular weight is 646 g/mol. The van der Waals surface area contributed by atoms with Gasteiger partial charge in [-0.1, -0.05) is 86.9 Å². The van der Waals surface area contributed by atoms with Crippen LogP contribution in [0.2, 0.25) is 10.0 Å². The van der Waals surface area contributed by atoms with Crippen molar-refractivity contribution in [1.82, 2.24) is 20.0 Å². The summed E-state index contributed by atoms with van der Waals surface area (Å²) in [4.78, 5) is 0.0822. The van der Waals surface area contributed by atoms with Crippen LogP contribution in [-0.4, -0.2) is 34.7 Å². The second kappa shape index (κ2) is 9.57. The lowest BCUT2D eigenvalue weighted by Gasteiger charge is -2.11. The first-order valence-corrected chi connectivity index (χ1v) is 15.9. The van der Waals surface area contributed by atoms with E-state index in [0.29, 0.717) is 32.0 Å². The number of hydrogen-bond donors (Lipinski definition) is 0. The number of nitrogens with zero attached hydrogens (tertiary/aromatic N) is 4. The molecule has 2 heterocycles. The molecule has 0 bridgehead atoms. The summed E-state index contributed by atoms with van der Waals surface area (Å²) in [5, 5.41) is 16.2. The van der Waals surface area contributed by atoms with E-state index in [9.17, 15) is 8.42 Å². The standard InChI is InChI=1S/C27H19BrCl2N4O2S2/c1-38(35,36)24-22(25-31-32-26(37-25)27(14-15-27)17-8-12-19(29)13-9-17)33-34(21-5-3-2-4-20(21)30)23(24)16-6-10-18(28)11-7-16/h2-13H,14-15H2,1H3. The number of para-hydroxylation sites is 1. The molecule has 6 nitrogen and oxygen atoms in total. The molecule has 0 amide bonds. The Kier molecular flexibility index (Phi) is 6.47. The van der Waals surface area contributed by atoms with Crippen LogP contribution in [0.3, 0.4) is 0 Å². The molecule has 0 saturated heterocycles. The Balaban J connectivity index is 1.57. The molecule has 0 atom stereocenters. The Morgan fingerprint density at radius 2 is 1.63 bits per heavy atom. The van der Waals surface area contributed by atoms with E-state index in [0.717, 1.165) is 27.9 Å². The van der Waals surface area contributed by atoms with Crippen LogP contribution in [0.5, 0.6) is 0 Å². The van der Waals surface area contributed by atoms with Crippen molar-refractivity contribution in [2.45, 2.75) is 23.2 Å². The SMILES string of the molecule is CS(=O)(=O)c1c(-c2nnc(C3(c4ccc(Cl)cc4)CC3)s2)nn(-c2ccccc2Cl)c1-c1ccc(Br)cc1. The minimum absolute atomic E-state index is 0.0822. The van der Waals surface area contributed by atoms with Gasteiger partial charge in [-0.05, 0) is 54.8 Å². The van der Waals surface area contributed by atoms with E-state index in [1.54, 1.807) is 16.8 Å². The highest BCUT2D eigenvalue weighted by atomic mass is 79.9. The lowest BCUT2D eigenvalue weighted by molar-refractivity contribution is 0.602. The molecular formula is C27H19BrCl2N4O2S2. The molecule has 38 heavy (non-hydrogen) atoms. The molecule has 3 aromatic carbocycles. The van der Waals surface area contributed by atoms with Crippen molar-refractivity contribution >= 4 is 60.3 Å². The third kappa shape index (κ3) is 4.50. The van der Waals surface area contributed by atoms with Crippen molar-refractivity contribution < 1.29 is 8.42 Å². The van der Waals surface area contributed by atoms with E-state index in [4.69, 9.17) is 28.3 Å². The van der Waals surface area contributed by atoms with Crippen molar-refractivity contribution in [2.75, 3.05) is 6.26 Å². The Morgan fingerprint density at radius 3 is 2.26 bits per heavy atom. The maximum atomic E-state index is 13.3. The molecule has 0 unspecified atom stereocenters. The molecule has 0 N–H and O–H groups in total. The van der Waals surface area contributed by atoms with Gasteiger partial charge in [-0.2, -0.15) is 5.10 Å². The molecule has 0 spiro atoms. The third-order valence-electron chi connectivity index (χ3n) is 6.59. The zero-order chi connectivity index (χ0) is 26.7. The van der Waals surface area contributed by atoms with Gasteiger partial charge in [-0.15, -0.1) is 10.2 Å². The minimum atomic E-state index is -3.75. The number of rotatable bonds is 6. The van der Waals surface area contributed by atoms with E-state index in [-0.39, 0.29) is 16.0 Å². The number of hydrogen-bond acceptors (Lipinski definition) is 6. The lowest BCUT2D eigenvalue weighted by atomic mass is 9.97. The van der Waals surface area contributed by atoms with Gasteiger partial charge in [0, 0.05) is 26.7 Å². The van der Waals surface area contributed by atoms with Gasteiger partial charge in [-0.25, -0.2) is 13.1 Å². The molecule has 1 aliphatic rings. The van der Waals surface area contributed by atoms with Crippen molar-refractivity contribution in [3.05, 3.63) is 97.9 Å². The maximum Gasteiger partial charge on any atom is 0.180 e. The Morgan fingerprint density at radius 1 is 0.947 bits per heavy atom. The van der Waals surface area contributed by atoms with Crippen LogP contribution in [0.15, 0.2) is 82.2 Å². The molecule has 1 aliphatic carbocycles. The van der Waals surface area contributed by atoms with Crippen LogP contribution < -0.4 is 0 Å². The van der Waals surface area contributed by atoms with E-state index >= 15 is 0 Å². The minimum Gasteiger partial charge on any atom is -0.229 e. The van der Waals surface area contributed by atoms with Crippen LogP contribution in [0, 0.1) is 0 Å². The van der Waals surface area contributed by atoms with Crippen molar-refractivity contribution in [1.29, 1.82) is 0 Å². The van der Waals surface area contributed by atoms with Crippen molar-refractivity contribution in [3.63, 3.8) is 0 Å². The summed E-state index contributed by atoms with van der Waals surface area (Å²) in [6, 6.07) is 22.4. The smallest absolute Gasteiger partial charge is 0.180 e. The van der Waals surface area contributed by atoms with Gasteiger partial charge in [0.05, 0.1) is 16.4 Å². The average Bonchev–Trinajstić information content (AvgIpc) is 3.35. The molecular weight excluding hydrogens is 627 g/mol. The fourth-order valence-electron chi connectivity index (χ4n) is 4.59. The molecule has 1 saturated carbocycles. The summed E-state index contributed by atoms with van der Waals surface area (Å²) in [5.74, 6) is 0. The Bertz CT molecular complexity index is 1780. The van der Waals surface area contributed by atoms with Gasteiger partial charge in [0.15, 0.2) is 14.8 Å². The highest BCUT2D eigenvalue weighted by Gasteiger charge is 2.49. The van der Waals surface area contributed by atoms with Crippen LogP contribution in [0.1, 0.15) is 23.4 Å². The highest BCUT2D eigenvalue weighted by Crippen LogP contribution is 2.55. The van der Waals surface area contributed by atoms with Crippen LogP contribution >= 0.6 is 50.5 Å². The van der Waals surface area contributed by atoms with Gasteiger partial charge in [-0.3, -0.25) is 0 Å². The van der Waals surface area contributed by atoms with Gasteiger partial charge in [0.25, 0.3) is 0 Å². The summed E-state index contributed by atoms with van der Waals surface area (Å²) in [6.07, 6.45) is 3.05. The van der Waals surface area contributed by atoms with E-state index in [2.05, 4.69) is 26.1 Å². The molecule has 0 aliphatic heterocycles. The van der Waals surface area contributed by atoms with Crippen molar-refractivity contribution in [2.24, 2.45) is 0 Å². The van der Waals surface area contributed by atoms with Crippen LogP contribution in [0.4, 0.5) is 0 Å². The maximum absolute atomic E-state index is 13.3. The lowest BCUT2D eigenvalue weighted by Crippen LogP contribution is -2.07. The topological polar surface area (TPSA) is 77.7 Å². The molecule has 5 aromatic rings. The van der Waals surface area contributed by atoms with E-state index < -0.39 is 9.84 Å². The summed E-state index contributed by atoms with van der Waals surface area (Å²) in [6.45, 7) is 0. The predicted octanol–water partition coefficient (Wildman–Crippen LogP) is 7.61. The quantitative estimate of drug-likeness (QED) is 0.190. The zero-order valence-electron chi connectivity index (χ0n) is 19.9. The number of halogens is 3.